The predicted octanol–water partition coefficient (Wildman–Crippen LogP) is 3.99. The zero-order chi connectivity index (χ0) is 13.8. The second-order valence-electron chi connectivity index (χ2n) is 5.29. The summed E-state index contributed by atoms with van der Waals surface area (Å²) >= 11 is 0. The maximum Gasteiger partial charge on any atom is 0.141 e. The van der Waals surface area contributed by atoms with Gasteiger partial charge < -0.3 is 5.32 Å². The molecule has 1 unspecified atom stereocenters. The van der Waals surface area contributed by atoms with E-state index in [1.165, 1.54) is 44.9 Å². The van der Waals surface area contributed by atoms with Gasteiger partial charge in [0.1, 0.15) is 12.2 Å². The molecule has 0 saturated heterocycles. The minimum Gasteiger partial charge on any atom is -0.307 e. The summed E-state index contributed by atoms with van der Waals surface area (Å²) in [6.45, 7) is 5.50. The van der Waals surface area contributed by atoms with E-state index < -0.39 is 0 Å². The fourth-order valence-corrected chi connectivity index (χ4v) is 2.34. The second-order valence-corrected chi connectivity index (χ2v) is 5.29. The number of unbranched alkanes of at least 4 members (excludes halogenated alkanes) is 6. The fourth-order valence-electron chi connectivity index (χ4n) is 2.34. The lowest BCUT2D eigenvalue weighted by molar-refractivity contribution is 0.449. The minimum absolute atomic E-state index is 0.345. The Balaban J connectivity index is 2.15. The average Bonchev–Trinajstić information content (AvgIpc) is 2.95. The van der Waals surface area contributed by atoms with Crippen molar-refractivity contribution in [2.75, 3.05) is 6.54 Å². The van der Waals surface area contributed by atoms with E-state index in [0.717, 1.165) is 25.2 Å². The van der Waals surface area contributed by atoms with Gasteiger partial charge in [0.25, 0.3) is 0 Å². The Hall–Kier alpha value is -0.900. The standard InChI is InChI=1S/C15H30N4/c1-3-5-6-7-8-9-10-11-14(16-12-4-2)15-17-13-18-19-15/h13-14,16H,3-12H2,1-2H3,(H,17,18,19). The number of nitrogens with one attached hydrogen (secondary N) is 2. The molecule has 0 aliphatic carbocycles. The highest BCUT2D eigenvalue weighted by atomic mass is 15.2. The first-order valence-corrected chi connectivity index (χ1v) is 7.97. The second kappa shape index (κ2) is 11.0. The van der Waals surface area contributed by atoms with Crippen LogP contribution in [0.15, 0.2) is 6.33 Å². The van der Waals surface area contributed by atoms with Gasteiger partial charge in [-0.2, -0.15) is 5.10 Å². The zero-order valence-corrected chi connectivity index (χ0v) is 12.6. The highest BCUT2D eigenvalue weighted by Gasteiger charge is 2.12. The van der Waals surface area contributed by atoms with Crippen LogP contribution in [-0.4, -0.2) is 21.7 Å². The number of aromatic amines is 1. The third kappa shape index (κ3) is 7.31. The van der Waals surface area contributed by atoms with Gasteiger partial charge in [0.2, 0.25) is 0 Å². The number of H-pyrrole nitrogens is 1. The van der Waals surface area contributed by atoms with Crippen LogP contribution >= 0.6 is 0 Å². The van der Waals surface area contributed by atoms with Crippen LogP contribution in [0, 0.1) is 0 Å². The van der Waals surface area contributed by atoms with Crippen LogP contribution in [0.2, 0.25) is 0 Å². The molecule has 0 aliphatic heterocycles. The molecule has 0 aromatic carbocycles. The summed E-state index contributed by atoms with van der Waals surface area (Å²) in [5.41, 5.74) is 0. The van der Waals surface area contributed by atoms with Crippen LogP contribution in [0.4, 0.5) is 0 Å². The lowest BCUT2D eigenvalue weighted by Crippen LogP contribution is -2.23. The average molecular weight is 266 g/mol. The molecule has 1 rings (SSSR count). The fraction of sp³-hybridized carbons (Fsp3) is 0.867. The maximum atomic E-state index is 4.28. The van der Waals surface area contributed by atoms with Gasteiger partial charge in [-0.15, -0.1) is 0 Å². The van der Waals surface area contributed by atoms with E-state index in [4.69, 9.17) is 0 Å². The Morgan fingerprint density at radius 3 is 2.42 bits per heavy atom. The van der Waals surface area contributed by atoms with Gasteiger partial charge >= 0.3 is 0 Å². The van der Waals surface area contributed by atoms with E-state index >= 15 is 0 Å². The molecule has 2 N–H and O–H groups in total. The van der Waals surface area contributed by atoms with Crippen LogP contribution in [0.5, 0.6) is 0 Å². The van der Waals surface area contributed by atoms with Crippen molar-refractivity contribution in [2.24, 2.45) is 0 Å². The van der Waals surface area contributed by atoms with Crippen molar-refractivity contribution in [1.29, 1.82) is 0 Å². The molecular weight excluding hydrogens is 236 g/mol. The van der Waals surface area contributed by atoms with Gasteiger partial charge in [0.15, 0.2) is 0 Å². The largest absolute Gasteiger partial charge is 0.307 e. The maximum absolute atomic E-state index is 4.28. The Morgan fingerprint density at radius 2 is 1.79 bits per heavy atom. The molecular formula is C15H30N4. The van der Waals surface area contributed by atoms with E-state index in [9.17, 15) is 0 Å². The first kappa shape index (κ1) is 16.2. The molecule has 19 heavy (non-hydrogen) atoms. The van der Waals surface area contributed by atoms with E-state index in [-0.39, 0.29) is 0 Å². The van der Waals surface area contributed by atoms with E-state index in [2.05, 4.69) is 34.3 Å². The molecule has 0 amide bonds. The lowest BCUT2D eigenvalue weighted by Gasteiger charge is -2.15. The summed E-state index contributed by atoms with van der Waals surface area (Å²) in [7, 11) is 0. The third-order valence-corrected chi connectivity index (χ3v) is 3.50. The van der Waals surface area contributed by atoms with Crippen LogP contribution in [0.1, 0.15) is 83.5 Å². The van der Waals surface area contributed by atoms with E-state index in [1.807, 2.05) is 0 Å². The molecule has 110 valence electrons. The third-order valence-electron chi connectivity index (χ3n) is 3.50. The van der Waals surface area contributed by atoms with Crippen molar-refractivity contribution >= 4 is 0 Å². The highest BCUT2D eigenvalue weighted by Crippen LogP contribution is 2.17. The summed E-state index contributed by atoms with van der Waals surface area (Å²) in [6, 6.07) is 0.345. The van der Waals surface area contributed by atoms with Crippen LogP contribution in [0.25, 0.3) is 0 Å². The molecule has 0 bridgehead atoms. The van der Waals surface area contributed by atoms with Gasteiger partial charge in [-0.3, -0.25) is 5.10 Å². The van der Waals surface area contributed by atoms with Crippen molar-refractivity contribution in [3.63, 3.8) is 0 Å². The van der Waals surface area contributed by atoms with E-state index in [1.54, 1.807) is 6.33 Å². The van der Waals surface area contributed by atoms with Crippen molar-refractivity contribution in [3.05, 3.63) is 12.2 Å². The summed E-state index contributed by atoms with van der Waals surface area (Å²) in [6.07, 6.45) is 13.4. The van der Waals surface area contributed by atoms with Crippen LogP contribution < -0.4 is 5.32 Å². The van der Waals surface area contributed by atoms with E-state index in [0.29, 0.717) is 6.04 Å². The monoisotopic (exact) mass is 266 g/mol. The molecule has 4 heteroatoms. The molecule has 0 aliphatic rings. The first-order chi connectivity index (χ1) is 9.38. The molecule has 1 atom stereocenters. The Morgan fingerprint density at radius 1 is 1.05 bits per heavy atom. The van der Waals surface area contributed by atoms with Crippen LogP contribution in [0.3, 0.4) is 0 Å². The quantitative estimate of drug-likeness (QED) is 0.562. The molecule has 0 spiro atoms. The number of hydrogen-bond donors (Lipinski definition) is 2. The molecule has 4 nitrogen and oxygen atoms in total. The number of nitrogens with zero attached hydrogens (tertiary/aromatic N) is 2. The number of hydrogen-bond acceptors (Lipinski definition) is 3. The zero-order valence-electron chi connectivity index (χ0n) is 12.6. The van der Waals surface area contributed by atoms with Crippen molar-refractivity contribution < 1.29 is 0 Å². The number of aromatic nitrogens is 3. The van der Waals surface area contributed by atoms with Crippen molar-refractivity contribution in [1.82, 2.24) is 20.5 Å². The minimum atomic E-state index is 0.345. The summed E-state index contributed by atoms with van der Waals surface area (Å²) < 4.78 is 0. The van der Waals surface area contributed by atoms with Gasteiger partial charge in [-0.25, -0.2) is 4.98 Å². The Kier molecular flexibility index (Phi) is 9.33. The Labute approximate surface area is 117 Å². The summed E-state index contributed by atoms with van der Waals surface area (Å²) in [5, 5.41) is 10.5. The highest BCUT2D eigenvalue weighted by molar-refractivity contribution is 4.91. The molecule has 0 fully saturated rings. The SMILES string of the molecule is CCCCCCCCCC(NCCC)c1ncn[nH]1. The predicted molar refractivity (Wildman–Crippen MR) is 80.0 cm³/mol. The summed E-state index contributed by atoms with van der Waals surface area (Å²) in [4.78, 5) is 4.28. The molecule has 1 aromatic heterocycles. The van der Waals surface area contributed by atoms with Gasteiger partial charge in [0, 0.05) is 0 Å². The van der Waals surface area contributed by atoms with Gasteiger partial charge in [0.05, 0.1) is 6.04 Å². The smallest absolute Gasteiger partial charge is 0.141 e. The topological polar surface area (TPSA) is 53.6 Å². The molecule has 1 aromatic rings. The molecule has 1 heterocycles. The molecule has 0 saturated carbocycles. The first-order valence-electron chi connectivity index (χ1n) is 7.97. The van der Waals surface area contributed by atoms with Crippen molar-refractivity contribution in [2.45, 2.75) is 77.7 Å². The summed E-state index contributed by atoms with van der Waals surface area (Å²) in [5.74, 6) is 0.986. The van der Waals surface area contributed by atoms with Gasteiger partial charge in [-0.1, -0.05) is 58.8 Å². The lowest BCUT2D eigenvalue weighted by atomic mass is 10.0. The number of rotatable bonds is 12. The Bertz CT molecular complexity index is 284. The molecule has 0 radical (unpaired) electrons. The normalized spacial score (nSPS) is 12.7. The van der Waals surface area contributed by atoms with Crippen molar-refractivity contribution in [3.8, 4) is 0 Å². The van der Waals surface area contributed by atoms with Gasteiger partial charge in [-0.05, 0) is 19.4 Å². The van der Waals surface area contributed by atoms with Crippen LogP contribution in [-0.2, 0) is 0 Å².